The number of halogens is 3. The van der Waals surface area contributed by atoms with Gasteiger partial charge in [-0.25, -0.2) is 9.78 Å². The van der Waals surface area contributed by atoms with Crippen molar-refractivity contribution in [1.29, 1.82) is 0 Å². The summed E-state index contributed by atoms with van der Waals surface area (Å²) >= 11 is 0. The van der Waals surface area contributed by atoms with Crippen LogP contribution in [-0.4, -0.2) is 107 Å². The van der Waals surface area contributed by atoms with Gasteiger partial charge in [0.2, 0.25) is 11.9 Å². The van der Waals surface area contributed by atoms with E-state index in [0.29, 0.717) is 17.7 Å². The fourth-order valence-corrected chi connectivity index (χ4v) is 6.31. The number of amides is 5. The van der Waals surface area contributed by atoms with Crippen LogP contribution in [0.1, 0.15) is 88.6 Å². The van der Waals surface area contributed by atoms with Gasteiger partial charge in [-0.1, -0.05) is 19.9 Å². The molecule has 18 nitrogen and oxygen atoms in total. The number of alkyl halides is 3. The van der Waals surface area contributed by atoms with Crippen molar-refractivity contribution in [3.63, 3.8) is 0 Å². The van der Waals surface area contributed by atoms with Crippen LogP contribution in [0.15, 0.2) is 59.4 Å². The normalized spacial score (nSPS) is 13.3. The van der Waals surface area contributed by atoms with Gasteiger partial charge in [-0.15, -0.1) is 0 Å². The zero-order valence-corrected chi connectivity index (χ0v) is 36.5. The molecule has 2 heterocycles. The number of H-pyrrole nitrogens is 1. The van der Waals surface area contributed by atoms with Crippen molar-refractivity contribution in [2.75, 3.05) is 37.1 Å². The molecule has 0 bridgehead atoms. The molecule has 2 aromatic carbocycles. The van der Waals surface area contributed by atoms with Gasteiger partial charge in [0.25, 0.3) is 23.3 Å². The second-order valence-electron chi connectivity index (χ2n) is 15.7. The lowest BCUT2D eigenvalue weighted by molar-refractivity contribution is -0.214. The predicted octanol–water partition coefficient (Wildman–Crippen LogP) is 4.45. The van der Waals surface area contributed by atoms with Crippen LogP contribution in [0.25, 0.3) is 10.9 Å². The smallest absolute Gasteiger partial charge is 0.467 e. The Balaban J connectivity index is 1.27. The van der Waals surface area contributed by atoms with E-state index < -0.39 is 71.5 Å². The SMILES string of the molecule is COC(=O)[C@H](CCC(=O)CCCOC(C)(C)OCCCC(=O)CCN1C(=O)C=CC1=O)NC(=O)c1ccc(N(Cc2ccc3nc(NC(=O)C(C)C)[nH]c(=O)c3c2)C(=O)C(F)(F)F)cc1. The van der Waals surface area contributed by atoms with Crippen LogP contribution in [0.3, 0.4) is 0 Å². The number of methoxy groups -OCH3 is 1. The summed E-state index contributed by atoms with van der Waals surface area (Å²) in [5.41, 5.74) is -0.746. The van der Waals surface area contributed by atoms with Crippen molar-refractivity contribution in [2.24, 2.45) is 5.92 Å². The maximum Gasteiger partial charge on any atom is 0.471 e. The Morgan fingerprint density at radius 2 is 1.45 bits per heavy atom. The van der Waals surface area contributed by atoms with E-state index >= 15 is 0 Å². The lowest BCUT2D eigenvalue weighted by atomic mass is 10.1. The van der Waals surface area contributed by atoms with E-state index in [9.17, 15) is 56.3 Å². The first-order valence-corrected chi connectivity index (χ1v) is 20.6. The average Bonchev–Trinajstić information content (AvgIpc) is 3.58. The zero-order valence-electron chi connectivity index (χ0n) is 36.5. The van der Waals surface area contributed by atoms with Gasteiger partial charge in [0.1, 0.15) is 17.6 Å². The highest BCUT2D eigenvalue weighted by atomic mass is 19.4. The molecule has 0 aliphatic carbocycles. The number of hydrogen-bond acceptors (Lipinski definition) is 13. The lowest BCUT2D eigenvalue weighted by Gasteiger charge is -2.25. The number of ether oxygens (including phenoxy) is 3. The molecule has 0 spiro atoms. The minimum absolute atomic E-state index is 0.0110. The Labute approximate surface area is 371 Å². The van der Waals surface area contributed by atoms with Gasteiger partial charge in [-0.3, -0.25) is 53.6 Å². The first-order valence-electron chi connectivity index (χ1n) is 20.6. The highest BCUT2D eigenvalue weighted by molar-refractivity contribution is 6.13. The van der Waals surface area contributed by atoms with Gasteiger partial charge in [-0.2, -0.15) is 13.2 Å². The van der Waals surface area contributed by atoms with Crippen molar-refractivity contribution in [3.05, 3.63) is 76.1 Å². The molecule has 0 fully saturated rings. The van der Waals surface area contributed by atoms with Crippen molar-refractivity contribution >= 4 is 69.6 Å². The van der Waals surface area contributed by atoms with E-state index in [2.05, 4.69) is 20.6 Å². The molecule has 21 heteroatoms. The quantitative estimate of drug-likeness (QED) is 0.0488. The number of esters is 1. The maximum atomic E-state index is 13.8. The van der Waals surface area contributed by atoms with E-state index in [1.54, 1.807) is 27.7 Å². The number of hydrogen-bond donors (Lipinski definition) is 3. The van der Waals surface area contributed by atoms with E-state index in [-0.39, 0.29) is 97.1 Å². The molecule has 1 aliphatic rings. The standard InChI is InChI=1S/C44H51F3N6O12/c1-26(2)37(58)50-42-49-33-16-10-27(24-32(33)39(60)51-42)25-53(41(62)44(45,46)47)29-13-11-28(12-14-29)38(59)48-34(40(61)63-5)17-15-30(54)8-6-22-64-43(3,4)65-23-7-9-31(55)20-21-52-35(56)18-19-36(52)57/h10-14,16,18-19,24,26,34H,6-9,15,17,20-23,25H2,1-5H3,(H,48,59)(H2,49,50,51,58,60)/t34-/m0/s1. The molecule has 1 aliphatic heterocycles. The largest absolute Gasteiger partial charge is 0.471 e. The second-order valence-corrected chi connectivity index (χ2v) is 15.7. The summed E-state index contributed by atoms with van der Waals surface area (Å²) in [5.74, 6) is -7.11. The van der Waals surface area contributed by atoms with Gasteiger partial charge in [-0.05, 0) is 75.1 Å². The first-order chi connectivity index (χ1) is 30.6. The molecule has 0 saturated carbocycles. The number of Topliss-reactive ketones (excluding diaryl/α,β-unsaturated/α-hetero) is 2. The van der Waals surface area contributed by atoms with Crippen molar-refractivity contribution in [3.8, 4) is 0 Å². The average molecular weight is 913 g/mol. The highest BCUT2D eigenvalue weighted by Gasteiger charge is 2.43. The van der Waals surface area contributed by atoms with E-state index in [1.807, 2.05) is 0 Å². The molecule has 65 heavy (non-hydrogen) atoms. The molecule has 0 saturated heterocycles. The van der Waals surface area contributed by atoms with Crippen molar-refractivity contribution in [2.45, 2.75) is 97.2 Å². The van der Waals surface area contributed by atoms with E-state index in [1.165, 1.54) is 18.2 Å². The van der Waals surface area contributed by atoms with Crippen molar-refractivity contribution < 1.29 is 65.7 Å². The topological polar surface area (TPSA) is 241 Å². The number of carbonyl (C=O) groups is 8. The summed E-state index contributed by atoms with van der Waals surface area (Å²) in [6.45, 7) is 6.34. The summed E-state index contributed by atoms with van der Waals surface area (Å²) in [6, 6.07) is 7.25. The molecule has 1 atom stereocenters. The molecule has 3 aromatic rings. The molecule has 0 radical (unpaired) electrons. The van der Waals surface area contributed by atoms with Crippen LogP contribution in [0, 0.1) is 5.92 Å². The number of aromatic nitrogens is 2. The second kappa shape index (κ2) is 22.8. The molecule has 0 unspecified atom stereocenters. The molecular weight excluding hydrogens is 862 g/mol. The number of fused-ring (bicyclic) bond motifs is 1. The van der Waals surface area contributed by atoms with Crippen LogP contribution in [0.2, 0.25) is 0 Å². The number of anilines is 2. The molecular formula is C44H51F3N6O12. The lowest BCUT2D eigenvalue weighted by Crippen LogP contribution is -2.42. The zero-order chi connectivity index (χ0) is 48.1. The van der Waals surface area contributed by atoms with Gasteiger partial charge < -0.3 is 24.4 Å². The van der Waals surface area contributed by atoms with E-state index in [0.717, 1.165) is 48.4 Å². The summed E-state index contributed by atoms with van der Waals surface area (Å²) in [6.07, 6.45) is -2.25. The summed E-state index contributed by atoms with van der Waals surface area (Å²) in [7, 11) is 1.09. The van der Waals surface area contributed by atoms with Crippen LogP contribution < -0.4 is 21.1 Å². The van der Waals surface area contributed by atoms with Gasteiger partial charge in [0.15, 0.2) is 5.79 Å². The summed E-state index contributed by atoms with van der Waals surface area (Å²) in [5, 5.41) is 4.94. The van der Waals surface area contributed by atoms with Crippen LogP contribution in [-0.2, 0) is 54.3 Å². The fourth-order valence-electron chi connectivity index (χ4n) is 6.31. The molecule has 1 aromatic heterocycles. The maximum absolute atomic E-state index is 13.8. The van der Waals surface area contributed by atoms with Crippen LogP contribution >= 0.6 is 0 Å². The molecule has 5 amide bonds. The predicted molar refractivity (Wildman–Crippen MR) is 227 cm³/mol. The fraction of sp³-hybridized carbons (Fsp3) is 0.455. The van der Waals surface area contributed by atoms with Crippen LogP contribution in [0.4, 0.5) is 24.8 Å². The number of carbonyl (C=O) groups excluding carboxylic acids is 8. The van der Waals surface area contributed by atoms with Gasteiger partial charge >= 0.3 is 18.1 Å². The van der Waals surface area contributed by atoms with Crippen molar-refractivity contribution in [1.82, 2.24) is 20.2 Å². The first kappa shape index (κ1) is 51.0. The Bertz CT molecular complexity index is 2340. The Morgan fingerprint density at radius 3 is 2.02 bits per heavy atom. The number of nitrogens with one attached hydrogen (secondary N) is 3. The Hall–Kier alpha value is -6.61. The molecule has 3 N–H and O–H groups in total. The molecule has 4 rings (SSSR count). The van der Waals surface area contributed by atoms with Crippen LogP contribution in [0.5, 0.6) is 0 Å². The number of nitrogens with zero attached hydrogens (tertiary/aromatic N) is 3. The third-order valence-electron chi connectivity index (χ3n) is 9.92. The molecule has 350 valence electrons. The Kier molecular flexibility index (Phi) is 17.9. The Morgan fingerprint density at radius 1 is 0.846 bits per heavy atom. The number of aromatic amines is 1. The third-order valence-corrected chi connectivity index (χ3v) is 9.92. The number of ketones is 2. The summed E-state index contributed by atoms with van der Waals surface area (Å²) in [4.78, 5) is 119. The highest BCUT2D eigenvalue weighted by Crippen LogP contribution is 2.27. The number of benzene rings is 2. The number of rotatable bonds is 24. The third kappa shape index (κ3) is 15.3. The number of imide groups is 1. The minimum Gasteiger partial charge on any atom is -0.467 e. The minimum atomic E-state index is -5.30. The monoisotopic (exact) mass is 912 g/mol. The van der Waals surface area contributed by atoms with Gasteiger partial charge in [0.05, 0.1) is 37.8 Å². The van der Waals surface area contributed by atoms with Gasteiger partial charge in [0, 0.05) is 61.5 Å². The van der Waals surface area contributed by atoms with E-state index in [4.69, 9.17) is 14.2 Å². The summed E-state index contributed by atoms with van der Waals surface area (Å²) < 4.78 is 57.7.